The lowest BCUT2D eigenvalue weighted by Gasteiger charge is -2.08. The predicted octanol–water partition coefficient (Wildman–Crippen LogP) is 5.73. The van der Waals surface area contributed by atoms with Gasteiger partial charge in [0, 0.05) is 5.02 Å². The van der Waals surface area contributed by atoms with Crippen molar-refractivity contribution in [1.82, 2.24) is 14.9 Å². The van der Waals surface area contributed by atoms with Gasteiger partial charge in [-0.2, -0.15) is 22.9 Å². The quantitative estimate of drug-likeness (QED) is 0.334. The molecular formula is C19H18ClF3N4O2S. The Hall–Kier alpha value is -2.46. The molecule has 0 saturated carbocycles. The van der Waals surface area contributed by atoms with E-state index in [1.54, 1.807) is 19.1 Å². The van der Waals surface area contributed by atoms with Crippen LogP contribution in [0.25, 0.3) is 0 Å². The van der Waals surface area contributed by atoms with Crippen LogP contribution in [0.1, 0.15) is 35.4 Å². The number of thioether (sulfide) groups is 1. The van der Waals surface area contributed by atoms with Gasteiger partial charge in [-0.05, 0) is 55.0 Å². The number of alkyl halides is 3. The van der Waals surface area contributed by atoms with Crippen LogP contribution in [0.15, 0.2) is 38.9 Å². The molecule has 0 fully saturated rings. The molecule has 0 unspecified atom stereocenters. The summed E-state index contributed by atoms with van der Waals surface area (Å²) in [7, 11) is 0. The zero-order chi connectivity index (χ0) is 21.9. The summed E-state index contributed by atoms with van der Waals surface area (Å²) < 4.78 is 51.3. The SMILES string of the molecule is CCSc1nnc(C(F)(F)F)n1/N=C\c1ccc(COc2cc(C)c(Cl)c(C)c2)o1. The van der Waals surface area contributed by atoms with Crippen LogP contribution >= 0.6 is 23.4 Å². The monoisotopic (exact) mass is 458 g/mol. The Morgan fingerprint density at radius 3 is 2.57 bits per heavy atom. The van der Waals surface area contributed by atoms with E-state index in [2.05, 4.69) is 15.3 Å². The number of nitrogens with zero attached hydrogens (tertiary/aromatic N) is 4. The molecule has 0 radical (unpaired) electrons. The Labute approximate surface area is 180 Å². The fourth-order valence-corrected chi connectivity index (χ4v) is 3.29. The lowest BCUT2D eigenvalue weighted by atomic mass is 10.1. The summed E-state index contributed by atoms with van der Waals surface area (Å²) in [4.78, 5) is 0. The summed E-state index contributed by atoms with van der Waals surface area (Å²) in [6, 6.07) is 6.89. The van der Waals surface area contributed by atoms with E-state index in [0.29, 0.717) is 27.0 Å². The van der Waals surface area contributed by atoms with Crippen LogP contribution in [-0.4, -0.2) is 26.8 Å². The summed E-state index contributed by atoms with van der Waals surface area (Å²) >= 11 is 7.25. The third-order valence-corrected chi connectivity index (χ3v) is 5.31. The molecule has 1 aromatic carbocycles. The van der Waals surface area contributed by atoms with E-state index >= 15 is 0 Å². The van der Waals surface area contributed by atoms with E-state index < -0.39 is 12.0 Å². The molecule has 0 amide bonds. The van der Waals surface area contributed by atoms with Gasteiger partial charge in [-0.25, -0.2) is 0 Å². The molecule has 0 bridgehead atoms. The molecule has 0 N–H and O–H groups in total. The van der Waals surface area contributed by atoms with Gasteiger partial charge < -0.3 is 9.15 Å². The number of hydrogen-bond donors (Lipinski definition) is 0. The van der Waals surface area contributed by atoms with Crippen molar-refractivity contribution in [2.45, 2.75) is 38.7 Å². The van der Waals surface area contributed by atoms with Gasteiger partial charge in [-0.1, -0.05) is 30.3 Å². The molecular weight excluding hydrogens is 441 g/mol. The summed E-state index contributed by atoms with van der Waals surface area (Å²) in [6.45, 7) is 5.71. The molecule has 2 heterocycles. The zero-order valence-electron chi connectivity index (χ0n) is 16.3. The van der Waals surface area contributed by atoms with E-state index in [0.717, 1.165) is 22.9 Å². The smallest absolute Gasteiger partial charge is 0.453 e. The molecule has 0 atom stereocenters. The number of rotatable bonds is 7. The van der Waals surface area contributed by atoms with Crippen LogP contribution in [-0.2, 0) is 12.8 Å². The first kappa shape index (κ1) is 22.2. The van der Waals surface area contributed by atoms with Gasteiger partial charge >= 0.3 is 6.18 Å². The topological polar surface area (TPSA) is 65.4 Å². The largest absolute Gasteiger partial charge is 0.486 e. The molecule has 0 saturated heterocycles. The van der Waals surface area contributed by atoms with Crippen LogP contribution in [0.4, 0.5) is 13.2 Å². The van der Waals surface area contributed by atoms with Crippen molar-refractivity contribution in [3.05, 3.63) is 57.8 Å². The number of furan rings is 1. The molecule has 30 heavy (non-hydrogen) atoms. The maximum absolute atomic E-state index is 13.1. The lowest BCUT2D eigenvalue weighted by molar-refractivity contribution is -0.147. The van der Waals surface area contributed by atoms with Crippen molar-refractivity contribution in [3.63, 3.8) is 0 Å². The van der Waals surface area contributed by atoms with Gasteiger partial charge in [0.25, 0.3) is 5.82 Å². The van der Waals surface area contributed by atoms with Crippen molar-refractivity contribution >= 4 is 29.6 Å². The number of ether oxygens (including phenoxy) is 1. The molecule has 11 heteroatoms. The maximum atomic E-state index is 13.1. The van der Waals surface area contributed by atoms with Crippen LogP contribution in [0.3, 0.4) is 0 Å². The first-order valence-electron chi connectivity index (χ1n) is 8.87. The fourth-order valence-electron chi connectivity index (χ4n) is 2.57. The van der Waals surface area contributed by atoms with Crippen LogP contribution < -0.4 is 4.74 Å². The molecule has 2 aromatic heterocycles. The van der Waals surface area contributed by atoms with E-state index in [1.165, 1.54) is 6.21 Å². The van der Waals surface area contributed by atoms with E-state index in [1.807, 2.05) is 26.0 Å². The number of aromatic nitrogens is 3. The molecule has 0 aliphatic carbocycles. The van der Waals surface area contributed by atoms with Crippen molar-refractivity contribution < 1.29 is 22.3 Å². The van der Waals surface area contributed by atoms with Crippen molar-refractivity contribution in [1.29, 1.82) is 0 Å². The minimum atomic E-state index is -4.67. The number of hydrogen-bond acceptors (Lipinski definition) is 6. The van der Waals surface area contributed by atoms with Gasteiger partial charge in [0.15, 0.2) is 0 Å². The highest BCUT2D eigenvalue weighted by molar-refractivity contribution is 7.99. The number of aryl methyl sites for hydroxylation is 2. The second-order valence-electron chi connectivity index (χ2n) is 6.26. The van der Waals surface area contributed by atoms with E-state index in [4.69, 9.17) is 20.8 Å². The molecule has 0 spiro atoms. The lowest BCUT2D eigenvalue weighted by Crippen LogP contribution is -2.13. The number of benzene rings is 1. The fraction of sp³-hybridized carbons (Fsp3) is 0.316. The second kappa shape index (κ2) is 9.13. The average Bonchev–Trinajstić information content (AvgIpc) is 3.29. The summed E-state index contributed by atoms with van der Waals surface area (Å²) in [5.41, 5.74) is 1.79. The highest BCUT2D eigenvalue weighted by atomic mass is 35.5. The standard InChI is InChI=1S/C19H18ClF3N4O2S/c1-4-30-18-26-25-17(19(21,22)23)27(18)24-9-13-5-6-14(29-13)10-28-15-7-11(2)16(20)12(3)8-15/h5-9H,4,10H2,1-3H3/b24-9-. The minimum Gasteiger partial charge on any atom is -0.486 e. The predicted molar refractivity (Wildman–Crippen MR) is 108 cm³/mol. The Bertz CT molecular complexity index is 1040. The first-order chi connectivity index (χ1) is 14.2. The Balaban J connectivity index is 1.73. The first-order valence-corrected chi connectivity index (χ1v) is 10.2. The second-order valence-corrected chi connectivity index (χ2v) is 7.87. The summed E-state index contributed by atoms with van der Waals surface area (Å²) in [5, 5.41) is 11.4. The van der Waals surface area contributed by atoms with Crippen molar-refractivity contribution in [2.75, 3.05) is 5.75 Å². The van der Waals surface area contributed by atoms with Gasteiger partial charge in [-0.15, -0.1) is 10.2 Å². The van der Waals surface area contributed by atoms with Crippen LogP contribution in [0.2, 0.25) is 5.02 Å². The van der Waals surface area contributed by atoms with Crippen LogP contribution in [0, 0.1) is 13.8 Å². The Morgan fingerprint density at radius 1 is 1.23 bits per heavy atom. The summed E-state index contributed by atoms with van der Waals surface area (Å²) in [5.74, 6) is 0.730. The van der Waals surface area contributed by atoms with Gasteiger partial charge in [0.2, 0.25) is 5.16 Å². The summed E-state index contributed by atoms with van der Waals surface area (Å²) in [6.07, 6.45) is -3.49. The normalized spacial score (nSPS) is 12.1. The van der Waals surface area contributed by atoms with Gasteiger partial charge in [-0.3, -0.25) is 0 Å². The van der Waals surface area contributed by atoms with Crippen molar-refractivity contribution in [2.24, 2.45) is 5.10 Å². The van der Waals surface area contributed by atoms with Crippen molar-refractivity contribution in [3.8, 4) is 5.75 Å². The molecule has 0 aliphatic heterocycles. The average molecular weight is 459 g/mol. The van der Waals surface area contributed by atoms with E-state index in [-0.39, 0.29) is 17.5 Å². The third-order valence-electron chi connectivity index (χ3n) is 3.91. The maximum Gasteiger partial charge on any atom is 0.453 e. The minimum absolute atomic E-state index is 0.0460. The highest BCUT2D eigenvalue weighted by Crippen LogP contribution is 2.30. The Morgan fingerprint density at radius 2 is 1.93 bits per heavy atom. The number of halogens is 4. The van der Waals surface area contributed by atoms with Gasteiger partial charge in [0.1, 0.15) is 23.9 Å². The highest BCUT2D eigenvalue weighted by Gasteiger charge is 2.38. The molecule has 0 aliphatic rings. The molecule has 3 aromatic rings. The Kier molecular flexibility index (Phi) is 6.77. The molecule has 3 rings (SSSR count). The van der Waals surface area contributed by atoms with E-state index in [9.17, 15) is 13.2 Å². The van der Waals surface area contributed by atoms with Crippen LogP contribution in [0.5, 0.6) is 5.75 Å². The third kappa shape index (κ3) is 5.17. The zero-order valence-corrected chi connectivity index (χ0v) is 17.9. The van der Waals surface area contributed by atoms with Gasteiger partial charge in [0.05, 0.1) is 6.21 Å². The molecule has 6 nitrogen and oxygen atoms in total. The molecule has 160 valence electrons.